The van der Waals surface area contributed by atoms with Crippen LogP contribution in [0.4, 0.5) is 0 Å². The lowest BCUT2D eigenvalue weighted by Crippen LogP contribution is -2.45. The second kappa shape index (κ2) is 6.23. The second-order valence-electron chi connectivity index (χ2n) is 7.09. The van der Waals surface area contributed by atoms with Gasteiger partial charge in [-0.15, -0.1) is 0 Å². The highest BCUT2D eigenvalue weighted by Gasteiger charge is 2.33. The number of allylic oxidation sites excluding steroid dienone is 1. The van der Waals surface area contributed by atoms with Crippen LogP contribution in [-0.2, 0) is 4.79 Å². The van der Waals surface area contributed by atoms with Crippen LogP contribution < -0.4 is 10.9 Å². The minimum absolute atomic E-state index is 0.137. The Labute approximate surface area is 141 Å². The maximum Gasteiger partial charge on any atom is 0.262 e. The van der Waals surface area contributed by atoms with E-state index in [0.717, 1.165) is 0 Å². The Morgan fingerprint density at radius 3 is 2.58 bits per heavy atom. The van der Waals surface area contributed by atoms with Crippen LogP contribution in [0.25, 0.3) is 16.6 Å². The molecule has 0 fully saturated rings. The molecule has 3 rings (SSSR count). The van der Waals surface area contributed by atoms with Gasteiger partial charge in [0, 0.05) is 0 Å². The highest BCUT2D eigenvalue weighted by Crippen LogP contribution is 2.27. The van der Waals surface area contributed by atoms with E-state index in [-0.39, 0.29) is 17.4 Å². The average molecular weight is 325 g/mol. The molecule has 1 aromatic heterocycles. The Morgan fingerprint density at radius 1 is 1.21 bits per heavy atom. The van der Waals surface area contributed by atoms with Gasteiger partial charge in [-0.25, -0.2) is 4.98 Å². The van der Waals surface area contributed by atoms with Gasteiger partial charge in [0.15, 0.2) is 5.82 Å². The summed E-state index contributed by atoms with van der Waals surface area (Å²) in [5.41, 5.74) is 1.13. The number of fused-ring (bicyclic) bond motifs is 2. The normalized spacial score (nSPS) is 19.2. The van der Waals surface area contributed by atoms with Crippen LogP contribution in [0.3, 0.4) is 0 Å². The van der Waals surface area contributed by atoms with E-state index >= 15 is 0 Å². The van der Waals surface area contributed by atoms with Crippen molar-refractivity contribution in [2.24, 2.45) is 11.8 Å². The molecular formula is C19H23N3O2. The third-order valence-corrected chi connectivity index (χ3v) is 4.12. The van der Waals surface area contributed by atoms with Crippen LogP contribution in [-0.4, -0.2) is 15.5 Å². The van der Waals surface area contributed by atoms with E-state index in [1.54, 1.807) is 10.6 Å². The van der Waals surface area contributed by atoms with Crippen molar-refractivity contribution >= 4 is 22.5 Å². The number of benzene rings is 1. The number of para-hydroxylation sites is 1. The molecule has 0 bridgehead atoms. The largest absolute Gasteiger partial charge is 0.321 e. The van der Waals surface area contributed by atoms with E-state index in [1.165, 1.54) is 0 Å². The van der Waals surface area contributed by atoms with Gasteiger partial charge in [0.1, 0.15) is 6.04 Å². The first-order valence-electron chi connectivity index (χ1n) is 8.42. The molecule has 0 saturated heterocycles. The maximum absolute atomic E-state index is 13.1. The van der Waals surface area contributed by atoms with E-state index in [4.69, 9.17) is 0 Å². The lowest BCUT2D eigenvalue weighted by molar-refractivity contribution is -0.124. The van der Waals surface area contributed by atoms with Crippen molar-refractivity contribution < 1.29 is 4.79 Å². The molecule has 5 nitrogen and oxygen atoms in total. The first kappa shape index (κ1) is 16.4. The zero-order valence-corrected chi connectivity index (χ0v) is 14.5. The Bertz CT molecular complexity index is 878. The van der Waals surface area contributed by atoms with Gasteiger partial charge in [0.2, 0.25) is 5.91 Å². The summed E-state index contributed by atoms with van der Waals surface area (Å²) in [6, 6.07) is 6.77. The second-order valence-corrected chi connectivity index (χ2v) is 7.09. The fourth-order valence-corrected chi connectivity index (χ4v) is 3.12. The van der Waals surface area contributed by atoms with Gasteiger partial charge >= 0.3 is 0 Å². The van der Waals surface area contributed by atoms with Gasteiger partial charge in [0.05, 0.1) is 16.6 Å². The van der Waals surface area contributed by atoms with E-state index in [1.807, 2.05) is 52.0 Å². The molecule has 24 heavy (non-hydrogen) atoms. The van der Waals surface area contributed by atoms with Gasteiger partial charge < -0.3 is 5.32 Å². The van der Waals surface area contributed by atoms with Crippen molar-refractivity contribution in [3.63, 3.8) is 0 Å². The molecule has 126 valence electrons. The van der Waals surface area contributed by atoms with Crippen LogP contribution >= 0.6 is 0 Å². The molecule has 0 saturated carbocycles. The maximum atomic E-state index is 13.1. The summed E-state index contributed by atoms with van der Waals surface area (Å²) < 4.78 is 1.58. The van der Waals surface area contributed by atoms with Gasteiger partial charge in [-0.2, -0.15) is 0 Å². The number of nitrogens with one attached hydrogen (secondary N) is 1. The quantitative estimate of drug-likeness (QED) is 0.943. The van der Waals surface area contributed by atoms with Crippen LogP contribution in [0.1, 0.15) is 46.0 Å². The number of hydrogen-bond acceptors (Lipinski definition) is 3. The number of hydrogen-bond donors (Lipinski definition) is 1. The van der Waals surface area contributed by atoms with Gasteiger partial charge in [0.25, 0.3) is 5.56 Å². The van der Waals surface area contributed by atoms with Crippen LogP contribution in [0.15, 0.2) is 35.1 Å². The summed E-state index contributed by atoms with van der Waals surface area (Å²) in [6.07, 6.45) is 2.55. The summed E-state index contributed by atoms with van der Waals surface area (Å²) in [4.78, 5) is 30.4. The Balaban J connectivity index is 2.32. The molecule has 1 atom stereocenters. The number of rotatable bonds is 3. The van der Waals surface area contributed by atoms with Crippen molar-refractivity contribution in [1.29, 1.82) is 0 Å². The van der Waals surface area contributed by atoms with Crippen LogP contribution in [0.2, 0.25) is 0 Å². The lowest BCUT2D eigenvalue weighted by atomic mass is 9.99. The third kappa shape index (κ3) is 2.86. The lowest BCUT2D eigenvalue weighted by Gasteiger charge is -2.30. The molecule has 0 spiro atoms. The molecule has 1 unspecified atom stereocenters. The molecule has 2 heterocycles. The van der Waals surface area contributed by atoms with E-state index in [9.17, 15) is 9.59 Å². The zero-order chi connectivity index (χ0) is 17.4. The predicted octanol–water partition coefficient (Wildman–Crippen LogP) is 3.11. The van der Waals surface area contributed by atoms with Crippen LogP contribution in [0.5, 0.6) is 0 Å². The Hall–Kier alpha value is -2.43. The SMILES string of the molecule is CC(C)/C=C1\NC(=O)C(CC(C)C)n2c1nc1ccccc1c2=O. The molecule has 1 N–H and O–H groups in total. The number of carbonyl (C=O) groups is 1. The monoisotopic (exact) mass is 325 g/mol. The zero-order valence-electron chi connectivity index (χ0n) is 14.5. The molecule has 1 aliphatic heterocycles. The van der Waals surface area contributed by atoms with Gasteiger partial charge in [-0.3, -0.25) is 14.2 Å². The fraction of sp³-hybridized carbons (Fsp3) is 0.421. The molecule has 0 aliphatic carbocycles. The molecule has 1 amide bonds. The Morgan fingerprint density at radius 2 is 1.92 bits per heavy atom. The molecule has 1 aromatic carbocycles. The summed E-state index contributed by atoms with van der Waals surface area (Å²) in [5.74, 6) is 0.946. The fourth-order valence-electron chi connectivity index (χ4n) is 3.12. The van der Waals surface area contributed by atoms with Crippen LogP contribution in [0, 0.1) is 11.8 Å². The number of carbonyl (C=O) groups excluding carboxylic acids is 1. The highest BCUT2D eigenvalue weighted by molar-refractivity contribution is 5.92. The van der Waals surface area contributed by atoms with Crippen molar-refractivity contribution in [2.75, 3.05) is 0 Å². The highest BCUT2D eigenvalue weighted by atomic mass is 16.2. The summed E-state index contributed by atoms with van der Waals surface area (Å²) in [6.45, 7) is 8.16. The third-order valence-electron chi connectivity index (χ3n) is 4.12. The molecule has 2 aromatic rings. The van der Waals surface area contributed by atoms with E-state index < -0.39 is 6.04 Å². The summed E-state index contributed by atoms with van der Waals surface area (Å²) >= 11 is 0. The minimum Gasteiger partial charge on any atom is -0.321 e. The van der Waals surface area contributed by atoms with Crippen molar-refractivity contribution in [3.05, 3.63) is 46.5 Å². The first-order chi connectivity index (χ1) is 11.4. The molecule has 1 aliphatic rings. The van der Waals surface area contributed by atoms with Gasteiger partial charge in [-0.05, 0) is 30.4 Å². The molecular weight excluding hydrogens is 302 g/mol. The van der Waals surface area contributed by atoms with Crippen molar-refractivity contribution in [1.82, 2.24) is 14.9 Å². The van der Waals surface area contributed by atoms with E-state index in [2.05, 4.69) is 10.3 Å². The summed E-state index contributed by atoms with van der Waals surface area (Å²) in [7, 11) is 0. The number of aromatic nitrogens is 2. The Kier molecular flexibility index (Phi) is 4.26. The molecule has 0 radical (unpaired) electrons. The van der Waals surface area contributed by atoms with Crippen molar-refractivity contribution in [2.45, 2.75) is 40.2 Å². The first-order valence-corrected chi connectivity index (χ1v) is 8.42. The predicted molar refractivity (Wildman–Crippen MR) is 95.5 cm³/mol. The van der Waals surface area contributed by atoms with Crippen molar-refractivity contribution in [3.8, 4) is 0 Å². The van der Waals surface area contributed by atoms with E-state index in [0.29, 0.717) is 34.8 Å². The minimum atomic E-state index is -0.520. The number of amides is 1. The topological polar surface area (TPSA) is 64.0 Å². The standard InChI is InChI=1S/C19H23N3O2/c1-11(2)9-15-17-20-14-8-6-5-7-13(14)19(24)22(17)16(10-12(3)4)18(23)21-15/h5-9,11-12,16H,10H2,1-4H3,(H,21,23)/b15-9-. The summed E-state index contributed by atoms with van der Waals surface area (Å²) in [5, 5.41) is 3.50. The smallest absolute Gasteiger partial charge is 0.262 e. The molecule has 5 heteroatoms. The number of nitrogens with zero attached hydrogens (tertiary/aromatic N) is 2. The average Bonchev–Trinajstić information content (AvgIpc) is 2.50. The van der Waals surface area contributed by atoms with Gasteiger partial charge in [-0.1, -0.05) is 45.9 Å².